The van der Waals surface area contributed by atoms with Crippen LogP contribution in [0, 0.1) is 6.92 Å². The van der Waals surface area contributed by atoms with Gasteiger partial charge in [0, 0.05) is 6.42 Å². The summed E-state index contributed by atoms with van der Waals surface area (Å²) in [6.45, 7) is 7.56. The lowest BCUT2D eigenvalue weighted by Crippen LogP contribution is -2.01. The number of phenols is 1. The second-order valence-corrected chi connectivity index (χ2v) is 4.37. The molecule has 0 aliphatic heterocycles. The van der Waals surface area contributed by atoms with Gasteiger partial charge in [0.05, 0.1) is 0 Å². The molecule has 1 aromatic rings. The number of hydrogen-bond donors (Lipinski definition) is 1. The molecule has 0 heterocycles. The van der Waals surface area contributed by atoms with Gasteiger partial charge in [-0.3, -0.25) is 4.79 Å². The summed E-state index contributed by atoms with van der Waals surface area (Å²) in [5.41, 5.74) is 2.91. The molecule has 1 aromatic carbocycles. The van der Waals surface area contributed by atoms with Crippen molar-refractivity contribution in [3.63, 3.8) is 0 Å². The van der Waals surface area contributed by atoms with Gasteiger partial charge in [0.1, 0.15) is 11.5 Å². The quantitative estimate of drug-likeness (QED) is 0.825. The van der Waals surface area contributed by atoms with E-state index >= 15 is 0 Å². The second-order valence-electron chi connectivity index (χ2n) is 4.37. The Morgan fingerprint density at radius 1 is 1.40 bits per heavy atom. The van der Waals surface area contributed by atoms with Gasteiger partial charge in [0.15, 0.2) is 0 Å². The third-order valence-corrected chi connectivity index (χ3v) is 2.55. The number of phenolic OH excluding ortho intramolecular Hbond substituents is 1. The van der Waals surface area contributed by atoms with E-state index in [1.165, 1.54) is 0 Å². The van der Waals surface area contributed by atoms with Crippen LogP contribution in [0.15, 0.2) is 12.1 Å². The first-order valence-corrected chi connectivity index (χ1v) is 5.23. The molecule has 0 aliphatic rings. The molecule has 0 bridgehead atoms. The summed E-state index contributed by atoms with van der Waals surface area (Å²) in [5.74, 6) is 0.754. The number of carbonyl (C=O) groups excluding carboxylic acids is 1. The minimum atomic E-state index is 0.151. The minimum Gasteiger partial charge on any atom is -0.508 e. The smallest absolute Gasteiger partial charge is 0.134 e. The second kappa shape index (κ2) is 4.47. The summed E-state index contributed by atoms with van der Waals surface area (Å²) in [5, 5.41) is 9.74. The topological polar surface area (TPSA) is 37.3 Å². The lowest BCUT2D eigenvalue weighted by atomic mass is 9.94. The molecule has 15 heavy (non-hydrogen) atoms. The van der Waals surface area contributed by atoms with Crippen molar-refractivity contribution in [2.24, 2.45) is 0 Å². The molecule has 0 saturated carbocycles. The van der Waals surface area contributed by atoms with E-state index in [-0.39, 0.29) is 11.7 Å². The lowest BCUT2D eigenvalue weighted by Gasteiger charge is -2.12. The number of carbonyl (C=O) groups is 1. The number of aromatic hydroxyl groups is 1. The summed E-state index contributed by atoms with van der Waals surface area (Å²) in [4.78, 5) is 11.1. The highest BCUT2D eigenvalue weighted by molar-refractivity contribution is 5.78. The first-order chi connectivity index (χ1) is 6.91. The SMILES string of the molecule is CC(=O)Cc1cc(C(C)C)c(O)cc1C. The zero-order valence-corrected chi connectivity index (χ0v) is 9.79. The molecule has 0 unspecified atom stereocenters. The summed E-state index contributed by atoms with van der Waals surface area (Å²) in [7, 11) is 0. The van der Waals surface area contributed by atoms with Crippen LogP contribution in [0.5, 0.6) is 5.75 Å². The molecule has 0 amide bonds. The number of hydrogen-bond acceptors (Lipinski definition) is 2. The van der Waals surface area contributed by atoms with E-state index in [2.05, 4.69) is 0 Å². The van der Waals surface area contributed by atoms with Crippen LogP contribution in [0.25, 0.3) is 0 Å². The maximum Gasteiger partial charge on any atom is 0.134 e. The standard InChI is InChI=1S/C13H18O2/c1-8(2)12-7-11(6-10(4)14)9(3)5-13(12)15/h5,7-8,15H,6H2,1-4H3. The van der Waals surface area contributed by atoms with E-state index in [1.807, 2.05) is 26.8 Å². The van der Waals surface area contributed by atoms with E-state index in [4.69, 9.17) is 0 Å². The summed E-state index contributed by atoms with van der Waals surface area (Å²) in [6, 6.07) is 3.68. The third kappa shape index (κ3) is 2.82. The van der Waals surface area contributed by atoms with E-state index in [1.54, 1.807) is 13.0 Å². The van der Waals surface area contributed by atoms with Crippen LogP contribution >= 0.6 is 0 Å². The highest BCUT2D eigenvalue weighted by Gasteiger charge is 2.10. The number of ketones is 1. The number of rotatable bonds is 3. The Hall–Kier alpha value is -1.31. The molecule has 0 aromatic heterocycles. The van der Waals surface area contributed by atoms with Gasteiger partial charge in [-0.1, -0.05) is 19.9 Å². The average molecular weight is 206 g/mol. The normalized spacial score (nSPS) is 10.7. The fourth-order valence-electron chi connectivity index (χ4n) is 1.68. The molecular weight excluding hydrogens is 188 g/mol. The van der Waals surface area contributed by atoms with Crippen molar-refractivity contribution in [1.82, 2.24) is 0 Å². The van der Waals surface area contributed by atoms with Crippen molar-refractivity contribution in [3.05, 3.63) is 28.8 Å². The molecule has 0 aliphatic carbocycles. The van der Waals surface area contributed by atoms with Gasteiger partial charge in [0.2, 0.25) is 0 Å². The third-order valence-electron chi connectivity index (χ3n) is 2.55. The zero-order chi connectivity index (χ0) is 11.6. The van der Waals surface area contributed by atoms with Crippen LogP contribution in [0.1, 0.15) is 43.4 Å². The van der Waals surface area contributed by atoms with Gasteiger partial charge in [-0.15, -0.1) is 0 Å². The van der Waals surface area contributed by atoms with Crippen molar-refractivity contribution < 1.29 is 9.90 Å². The predicted molar refractivity (Wildman–Crippen MR) is 61.3 cm³/mol. The largest absolute Gasteiger partial charge is 0.508 e. The van der Waals surface area contributed by atoms with Crippen LogP contribution in [0.4, 0.5) is 0 Å². The maximum atomic E-state index is 11.1. The molecule has 0 saturated heterocycles. The fourth-order valence-corrected chi connectivity index (χ4v) is 1.68. The molecular formula is C13H18O2. The van der Waals surface area contributed by atoms with Crippen molar-refractivity contribution in [2.75, 3.05) is 0 Å². The molecule has 0 radical (unpaired) electrons. The van der Waals surface area contributed by atoms with Gasteiger partial charge in [-0.2, -0.15) is 0 Å². The molecule has 82 valence electrons. The predicted octanol–water partition coefficient (Wildman–Crippen LogP) is 2.96. The first-order valence-electron chi connectivity index (χ1n) is 5.23. The fraction of sp³-hybridized carbons (Fsp3) is 0.462. The van der Waals surface area contributed by atoms with Gasteiger partial charge in [-0.05, 0) is 42.5 Å². The number of Topliss-reactive ketones (excluding diaryl/α,β-unsaturated/α-hetero) is 1. The van der Waals surface area contributed by atoms with Gasteiger partial charge in [0.25, 0.3) is 0 Å². The Balaban J connectivity index is 3.17. The van der Waals surface area contributed by atoms with Gasteiger partial charge >= 0.3 is 0 Å². The van der Waals surface area contributed by atoms with E-state index < -0.39 is 0 Å². The van der Waals surface area contributed by atoms with Gasteiger partial charge < -0.3 is 5.11 Å². The summed E-state index contributed by atoms with van der Waals surface area (Å²) in [6.07, 6.45) is 0.450. The first kappa shape index (κ1) is 11.8. The van der Waals surface area contributed by atoms with Crippen molar-refractivity contribution in [2.45, 2.75) is 40.0 Å². The average Bonchev–Trinajstić information content (AvgIpc) is 2.08. The Kier molecular flexibility index (Phi) is 3.51. The maximum absolute atomic E-state index is 11.1. The Bertz CT molecular complexity index is 378. The van der Waals surface area contributed by atoms with Crippen LogP contribution in [-0.4, -0.2) is 10.9 Å². The Labute approximate surface area is 90.9 Å². The molecule has 2 nitrogen and oxygen atoms in total. The van der Waals surface area contributed by atoms with Crippen LogP contribution in [0.3, 0.4) is 0 Å². The van der Waals surface area contributed by atoms with Crippen molar-refractivity contribution in [3.8, 4) is 5.75 Å². The van der Waals surface area contributed by atoms with Crippen LogP contribution in [0.2, 0.25) is 0 Å². The van der Waals surface area contributed by atoms with Crippen LogP contribution < -0.4 is 0 Å². The molecule has 0 fully saturated rings. The molecule has 2 heteroatoms. The molecule has 1 N–H and O–H groups in total. The van der Waals surface area contributed by atoms with Crippen molar-refractivity contribution >= 4 is 5.78 Å². The summed E-state index contributed by atoms with van der Waals surface area (Å²) < 4.78 is 0. The van der Waals surface area contributed by atoms with E-state index in [9.17, 15) is 9.90 Å². The molecule has 0 spiro atoms. The van der Waals surface area contributed by atoms with E-state index in [0.29, 0.717) is 12.2 Å². The van der Waals surface area contributed by atoms with Crippen LogP contribution in [-0.2, 0) is 11.2 Å². The number of aryl methyl sites for hydroxylation is 1. The molecule has 1 rings (SSSR count). The Morgan fingerprint density at radius 2 is 2.00 bits per heavy atom. The molecule has 0 atom stereocenters. The monoisotopic (exact) mass is 206 g/mol. The number of benzene rings is 1. The lowest BCUT2D eigenvalue weighted by molar-refractivity contribution is -0.116. The Morgan fingerprint density at radius 3 is 2.47 bits per heavy atom. The summed E-state index contributed by atoms with van der Waals surface area (Å²) >= 11 is 0. The van der Waals surface area contributed by atoms with Crippen molar-refractivity contribution in [1.29, 1.82) is 0 Å². The highest BCUT2D eigenvalue weighted by atomic mass is 16.3. The zero-order valence-electron chi connectivity index (χ0n) is 9.79. The highest BCUT2D eigenvalue weighted by Crippen LogP contribution is 2.28. The van der Waals surface area contributed by atoms with Gasteiger partial charge in [-0.25, -0.2) is 0 Å². The van der Waals surface area contributed by atoms with E-state index in [0.717, 1.165) is 16.7 Å². The minimum absolute atomic E-state index is 0.151.